The van der Waals surface area contributed by atoms with Crippen LogP contribution in [0.3, 0.4) is 0 Å². The lowest BCUT2D eigenvalue weighted by Crippen LogP contribution is -2.49. The van der Waals surface area contributed by atoms with Gasteiger partial charge < -0.3 is 15.5 Å². The Kier molecular flexibility index (Phi) is 4.52. The number of rotatable bonds is 2. The third-order valence-electron chi connectivity index (χ3n) is 3.17. The van der Waals surface area contributed by atoms with E-state index in [0.717, 1.165) is 13.1 Å². The van der Waals surface area contributed by atoms with Crippen molar-refractivity contribution in [2.24, 2.45) is 0 Å². The number of ether oxygens (including phenoxy) is 1. The number of nitrogens with one attached hydrogen (secondary N) is 1. The molecule has 0 aliphatic carbocycles. The van der Waals surface area contributed by atoms with E-state index in [1.165, 1.54) is 4.68 Å². The summed E-state index contributed by atoms with van der Waals surface area (Å²) >= 11 is 4.98. The average Bonchev–Trinajstić information content (AvgIpc) is 2.69. The topological polar surface area (TPSA) is 92.4 Å². The van der Waals surface area contributed by atoms with E-state index in [1.807, 2.05) is 20.8 Å². The number of nitrogen functional groups attached to an aromatic ring is 1. The molecule has 0 aromatic carbocycles. The van der Waals surface area contributed by atoms with Crippen molar-refractivity contribution in [3.05, 3.63) is 10.6 Å². The predicted octanol–water partition coefficient (Wildman–Crippen LogP) is 0.707. The third kappa shape index (κ3) is 4.18. The first kappa shape index (κ1) is 15.8. The molecule has 0 unspecified atom stereocenters. The summed E-state index contributed by atoms with van der Waals surface area (Å²) in [6.45, 7) is 8.96. The van der Waals surface area contributed by atoms with Crippen LogP contribution in [0.2, 0.25) is 0 Å². The Morgan fingerprint density at radius 2 is 2.00 bits per heavy atom. The van der Waals surface area contributed by atoms with E-state index < -0.39 is 5.60 Å². The first-order valence-electron chi connectivity index (χ1n) is 6.88. The fourth-order valence-corrected chi connectivity index (χ4v) is 2.21. The van der Waals surface area contributed by atoms with Crippen molar-refractivity contribution in [1.29, 1.82) is 0 Å². The lowest BCUT2D eigenvalue weighted by atomic mass is 10.2. The number of aromatic amines is 1. The van der Waals surface area contributed by atoms with Crippen LogP contribution in [0.15, 0.2) is 0 Å². The van der Waals surface area contributed by atoms with Gasteiger partial charge in [-0.05, 0) is 33.0 Å². The number of carbonyl (C=O) groups excluding carboxylic acids is 1. The molecule has 1 aliphatic heterocycles. The van der Waals surface area contributed by atoms with Gasteiger partial charge in [-0.25, -0.2) is 9.47 Å². The predicted molar refractivity (Wildman–Crippen MR) is 80.6 cm³/mol. The zero-order valence-corrected chi connectivity index (χ0v) is 13.4. The van der Waals surface area contributed by atoms with Gasteiger partial charge in [0.25, 0.3) is 0 Å². The first-order chi connectivity index (χ1) is 9.76. The van der Waals surface area contributed by atoms with E-state index in [9.17, 15) is 4.79 Å². The van der Waals surface area contributed by atoms with Gasteiger partial charge in [-0.1, -0.05) is 0 Å². The maximum atomic E-state index is 12.0. The SMILES string of the molecule is CC(C)(C)OC(=O)N1CCN(Cc2n[nH]c(=S)n2N)CC1. The molecule has 9 heteroatoms. The molecule has 1 fully saturated rings. The summed E-state index contributed by atoms with van der Waals surface area (Å²) in [5, 5.41) is 6.74. The molecule has 8 nitrogen and oxygen atoms in total. The molecule has 2 rings (SSSR count). The van der Waals surface area contributed by atoms with Crippen molar-refractivity contribution in [2.75, 3.05) is 32.0 Å². The van der Waals surface area contributed by atoms with Crippen LogP contribution in [0.1, 0.15) is 26.6 Å². The van der Waals surface area contributed by atoms with Crippen LogP contribution in [0, 0.1) is 4.77 Å². The molecule has 2 heterocycles. The maximum Gasteiger partial charge on any atom is 0.410 e. The van der Waals surface area contributed by atoms with Crippen LogP contribution in [-0.2, 0) is 11.3 Å². The number of aromatic nitrogens is 3. The van der Waals surface area contributed by atoms with E-state index in [4.69, 9.17) is 22.8 Å². The Morgan fingerprint density at radius 3 is 2.48 bits per heavy atom. The van der Waals surface area contributed by atoms with Gasteiger partial charge in [0.1, 0.15) is 5.60 Å². The maximum absolute atomic E-state index is 12.0. The van der Waals surface area contributed by atoms with Crippen molar-refractivity contribution in [3.63, 3.8) is 0 Å². The molecule has 0 atom stereocenters. The van der Waals surface area contributed by atoms with E-state index in [1.54, 1.807) is 4.90 Å². The molecule has 0 radical (unpaired) electrons. The van der Waals surface area contributed by atoms with Crippen LogP contribution >= 0.6 is 12.2 Å². The normalized spacial score (nSPS) is 17.0. The lowest BCUT2D eigenvalue weighted by molar-refractivity contribution is 0.0136. The summed E-state index contributed by atoms with van der Waals surface area (Å²) in [6.07, 6.45) is -0.261. The number of piperazine rings is 1. The van der Waals surface area contributed by atoms with Crippen LogP contribution in [-0.4, -0.2) is 62.5 Å². The standard InChI is InChI=1S/C12H22N6O2S/c1-12(2,3)20-11(19)17-6-4-16(5-7-17)8-9-14-15-10(21)18(9)13/h4-8,13H2,1-3H3,(H,15,21). The third-order valence-corrected chi connectivity index (χ3v) is 3.45. The summed E-state index contributed by atoms with van der Waals surface area (Å²) in [5.74, 6) is 6.46. The summed E-state index contributed by atoms with van der Waals surface area (Å²) < 4.78 is 7.14. The van der Waals surface area contributed by atoms with E-state index in [-0.39, 0.29) is 6.09 Å². The van der Waals surface area contributed by atoms with Crippen LogP contribution in [0.5, 0.6) is 0 Å². The second-order valence-electron chi connectivity index (χ2n) is 6.06. The number of nitrogens with zero attached hydrogens (tertiary/aromatic N) is 4. The molecule has 0 saturated carbocycles. The van der Waals surface area contributed by atoms with E-state index in [2.05, 4.69) is 15.1 Å². The van der Waals surface area contributed by atoms with Gasteiger partial charge in [0.15, 0.2) is 5.82 Å². The molecule has 21 heavy (non-hydrogen) atoms. The molecule has 3 N–H and O–H groups in total. The first-order valence-corrected chi connectivity index (χ1v) is 7.29. The van der Waals surface area contributed by atoms with Crippen molar-refractivity contribution in [3.8, 4) is 0 Å². The van der Waals surface area contributed by atoms with Gasteiger partial charge in [0.2, 0.25) is 4.77 Å². The Hall–Kier alpha value is -1.61. The minimum Gasteiger partial charge on any atom is -0.444 e. The fraction of sp³-hybridized carbons (Fsp3) is 0.750. The number of hydrogen-bond acceptors (Lipinski definition) is 6. The molecule has 0 spiro atoms. The monoisotopic (exact) mass is 314 g/mol. The number of amides is 1. The Labute approximate surface area is 128 Å². The van der Waals surface area contributed by atoms with Gasteiger partial charge in [0.05, 0.1) is 6.54 Å². The molecule has 118 valence electrons. The highest BCUT2D eigenvalue weighted by Crippen LogP contribution is 2.12. The van der Waals surface area contributed by atoms with Crippen LogP contribution in [0.25, 0.3) is 0 Å². The molecule has 1 aromatic rings. The summed E-state index contributed by atoms with van der Waals surface area (Å²) in [4.78, 5) is 15.9. The van der Waals surface area contributed by atoms with Gasteiger partial charge in [-0.3, -0.25) is 10.00 Å². The highest BCUT2D eigenvalue weighted by Gasteiger charge is 2.26. The van der Waals surface area contributed by atoms with Crippen molar-refractivity contribution < 1.29 is 9.53 Å². The van der Waals surface area contributed by atoms with Crippen molar-refractivity contribution in [2.45, 2.75) is 32.9 Å². The minimum absolute atomic E-state index is 0.261. The lowest BCUT2D eigenvalue weighted by Gasteiger charge is -2.35. The molecular weight excluding hydrogens is 292 g/mol. The Balaban J connectivity index is 1.85. The molecule has 1 aliphatic rings. The quantitative estimate of drug-likeness (QED) is 0.617. The number of H-pyrrole nitrogens is 1. The Morgan fingerprint density at radius 1 is 1.38 bits per heavy atom. The van der Waals surface area contributed by atoms with Gasteiger partial charge in [0, 0.05) is 26.2 Å². The summed E-state index contributed by atoms with van der Waals surface area (Å²) in [6, 6.07) is 0. The second kappa shape index (κ2) is 6.02. The second-order valence-corrected chi connectivity index (χ2v) is 6.45. The van der Waals surface area contributed by atoms with E-state index >= 15 is 0 Å². The zero-order valence-electron chi connectivity index (χ0n) is 12.6. The number of hydrogen-bond donors (Lipinski definition) is 2. The zero-order chi connectivity index (χ0) is 15.6. The van der Waals surface area contributed by atoms with E-state index in [0.29, 0.717) is 30.2 Å². The highest BCUT2D eigenvalue weighted by atomic mass is 32.1. The largest absolute Gasteiger partial charge is 0.444 e. The molecule has 0 bridgehead atoms. The van der Waals surface area contributed by atoms with Gasteiger partial charge in [-0.15, -0.1) is 0 Å². The molecule has 1 saturated heterocycles. The smallest absolute Gasteiger partial charge is 0.410 e. The minimum atomic E-state index is -0.464. The Bertz CT molecular complexity index is 553. The van der Waals surface area contributed by atoms with Crippen LogP contribution in [0.4, 0.5) is 4.79 Å². The van der Waals surface area contributed by atoms with Crippen LogP contribution < -0.4 is 5.84 Å². The fourth-order valence-electron chi connectivity index (χ4n) is 2.06. The number of nitrogens with two attached hydrogens (primary N) is 1. The molecular formula is C12H22N6O2S. The average molecular weight is 314 g/mol. The highest BCUT2D eigenvalue weighted by molar-refractivity contribution is 7.71. The van der Waals surface area contributed by atoms with Gasteiger partial charge >= 0.3 is 6.09 Å². The van der Waals surface area contributed by atoms with Gasteiger partial charge in [-0.2, -0.15) is 5.10 Å². The molecule has 1 amide bonds. The van der Waals surface area contributed by atoms with Crippen molar-refractivity contribution >= 4 is 18.3 Å². The molecule has 1 aromatic heterocycles. The summed E-state index contributed by atoms with van der Waals surface area (Å²) in [5.41, 5.74) is -0.464. The number of carbonyl (C=O) groups is 1. The summed E-state index contributed by atoms with van der Waals surface area (Å²) in [7, 11) is 0. The van der Waals surface area contributed by atoms with Crippen molar-refractivity contribution in [1.82, 2.24) is 24.7 Å².